The lowest BCUT2D eigenvalue weighted by Crippen LogP contribution is -2.20. The number of benzene rings is 3. The van der Waals surface area contributed by atoms with Crippen LogP contribution >= 0.6 is 39.1 Å². The van der Waals surface area contributed by atoms with Crippen LogP contribution in [-0.4, -0.2) is 12.1 Å². The van der Waals surface area contributed by atoms with E-state index in [0.29, 0.717) is 22.4 Å². The second kappa shape index (κ2) is 10.8. The van der Waals surface area contributed by atoms with Gasteiger partial charge in [-0.05, 0) is 76.8 Å². The summed E-state index contributed by atoms with van der Waals surface area (Å²) in [5.41, 5.74) is 7.49. The Hall–Kier alpha value is -2.34. The van der Waals surface area contributed by atoms with Crippen molar-refractivity contribution in [1.29, 1.82) is 0 Å². The van der Waals surface area contributed by atoms with Crippen molar-refractivity contribution in [2.45, 2.75) is 26.9 Å². The van der Waals surface area contributed by atoms with Crippen LogP contribution in [0.5, 0.6) is 5.75 Å². The fraction of sp³-hybridized carbons (Fsp3) is 0.167. The van der Waals surface area contributed by atoms with Gasteiger partial charge in [-0.3, -0.25) is 4.79 Å². The number of carbonyl (C=O) groups is 1. The van der Waals surface area contributed by atoms with E-state index in [1.165, 1.54) is 5.56 Å². The number of nitrogens with zero attached hydrogens (tertiary/aromatic N) is 1. The number of amides is 1. The van der Waals surface area contributed by atoms with Crippen LogP contribution in [0.2, 0.25) is 10.0 Å². The van der Waals surface area contributed by atoms with E-state index in [1.807, 2.05) is 50.2 Å². The molecule has 0 aliphatic carbocycles. The minimum atomic E-state index is -0.165. The molecule has 4 nitrogen and oxygen atoms in total. The Bertz CT molecular complexity index is 1130. The van der Waals surface area contributed by atoms with E-state index in [4.69, 9.17) is 27.9 Å². The van der Waals surface area contributed by atoms with Crippen molar-refractivity contribution in [3.8, 4) is 5.75 Å². The number of ether oxygens (including phenoxy) is 1. The van der Waals surface area contributed by atoms with Gasteiger partial charge in [-0.1, -0.05) is 53.0 Å². The van der Waals surface area contributed by atoms with Crippen molar-refractivity contribution in [2.24, 2.45) is 5.10 Å². The van der Waals surface area contributed by atoms with Gasteiger partial charge in [-0.2, -0.15) is 5.10 Å². The molecule has 0 aromatic heterocycles. The van der Waals surface area contributed by atoms with Crippen LogP contribution in [0, 0.1) is 13.8 Å². The molecule has 1 amide bonds. The Labute approximate surface area is 200 Å². The summed E-state index contributed by atoms with van der Waals surface area (Å²) in [6.07, 6.45) is 1.87. The number of rotatable bonds is 7. The van der Waals surface area contributed by atoms with Crippen molar-refractivity contribution in [3.05, 3.63) is 96.9 Å². The SMILES string of the molecule is Cc1ccc(CC(=O)N/N=C/c2ccc(OCc3ccc(Cl)cc3Cl)c(Br)c2)c(C)c1. The number of aryl methyl sites for hydroxylation is 2. The molecular formula is C24H21BrCl2N2O2. The van der Waals surface area contributed by atoms with Gasteiger partial charge in [0.25, 0.3) is 0 Å². The molecule has 0 aliphatic heterocycles. The third kappa shape index (κ3) is 6.82. The summed E-state index contributed by atoms with van der Waals surface area (Å²) in [6, 6.07) is 16.9. The van der Waals surface area contributed by atoms with Crippen LogP contribution in [0.1, 0.15) is 27.8 Å². The molecule has 0 bridgehead atoms. The lowest BCUT2D eigenvalue weighted by atomic mass is 10.0. The predicted molar refractivity (Wildman–Crippen MR) is 130 cm³/mol. The van der Waals surface area contributed by atoms with Crippen LogP contribution in [0.4, 0.5) is 0 Å². The molecule has 0 saturated carbocycles. The molecular weight excluding hydrogens is 499 g/mol. The molecule has 0 aliphatic rings. The maximum atomic E-state index is 12.2. The molecule has 3 rings (SSSR count). The van der Waals surface area contributed by atoms with E-state index in [1.54, 1.807) is 18.3 Å². The summed E-state index contributed by atoms with van der Waals surface area (Å²) in [7, 11) is 0. The van der Waals surface area contributed by atoms with Crippen molar-refractivity contribution < 1.29 is 9.53 Å². The first-order chi connectivity index (χ1) is 14.8. The van der Waals surface area contributed by atoms with Crippen molar-refractivity contribution in [2.75, 3.05) is 0 Å². The second-order valence-corrected chi connectivity index (χ2v) is 8.81. The zero-order valence-corrected chi connectivity index (χ0v) is 20.2. The molecule has 7 heteroatoms. The average molecular weight is 520 g/mol. The normalized spacial score (nSPS) is 11.0. The monoisotopic (exact) mass is 518 g/mol. The first kappa shape index (κ1) is 23.3. The van der Waals surface area contributed by atoms with Crippen LogP contribution < -0.4 is 10.2 Å². The van der Waals surface area contributed by atoms with Gasteiger partial charge in [0.15, 0.2) is 0 Å². The van der Waals surface area contributed by atoms with Gasteiger partial charge in [0.2, 0.25) is 5.91 Å². The Morgan fingerprint density at radius 1 is 1.06 bits per heavy atom. The van der Waals surface area contributed by atoms with Crippen LogP contribution in [-0.2, 0) is 17.8 Å². The highest BCUT2D eigenvalue weighted by atomic mass is 79.9. The molecule has 0 heterocycles. The lowest BCUT2D eigenvalue weighted by Gasteiger charge is -2.10. The number of hydrogen-bond acceptors (Lipinski definition) is 3. The standard InChI is InChI=1S/C24H21BrCl2N2O2/c1-15-3-5-18(16(2)9-15)11-24(30)29-28-13-17-4-8-23(21(25)10-17)31-14-19-6-7-20(26)12-22(19)27/h3-10,12-13H,11,14H2,1-2H3,(H,29,30)/b28-13+. The molecule has 0 unspecified atom stereocenters. The third-order valence-corrected chi connectivity index (χ3v) is 5.81. The minimum absolute atomic E-state index is 0.165. The number of carbonyl (C=O) groups excluding carboxylic acids is 1. The zero-order chi connectivity index (χ0) is 22.4. The third-order valence-electron chi connectivity index (χ3n) is 4.61. The molecule has 1 N–H and O–H groups in total. The number of halogens is 3. The van der Waals surface area contributed by atoms with Crippen molar-refractivity contribution in [3.63, 3.8) is 0 Å². The summed E-state index contributed by atoms with van der Waals surface area (Å²) in [6.45, 7) is 4.35. The first-order valence-corrected chi connectivity index (χ1v) is 11.1. The molecule has 0 radical (unpaired) electrons. The summed E-state index contributed by atoms with van der Waals surface area (Å²) in [5, 5.41) is 5.20. The fourth-order valence-electron chi connectivity index (χ4n) is 2.94. The predicted octanol–water partition coefficient (Wildman–Crippen LogP) is 6.64. The van der Waals surface area contributed by atoms with Crippen LogP contribution in [0.3, 0.4) is 0 Å². The maximum absolute atomic E-state index is 12.2. The van der Waals surface area contributed by atoms with E-state index >= 15 is 0 Å². The number of nitrogens with one attached hydrogen (secondary N) is 1. The van der Waals surface area contributed by atoms with Crippen LogP contribution in [0.25, 0.3) is 0 Å². The molecule has 0 atom stereocenters. The zero-order valence-electron chi connectivity index (χ0n) is 17.1. The smallest absolute Gasteiger partial charge is 0.244 e. The van der Waals surface area contributed by atoms with Crippen molar-refractivity contribution in [1.82, 2.24) is 5.43 Å². The first-order valence-electron chi connectivity index (χ1n) is 9.56. The van der Waals surface area contributed by atoms with E-state index in [9.17, 15) is 4.79 Å². The van der Waals surface area contributed by atoms with Gasteiger partial charge in [-0.25, -0.2) is 5.43 Å². The molecule has 3 aromatic rings. The molecule has 31 heavy (non-hydrogen) atoms. The molecule has 3 aromatic carbocycles. The molecule has 0 saturated heterocycles. The average Bonchev–Trinajstić information content (AvgIpc) is 2.71. The Kier molecular flexibility index (Phi) is 8.13. The van der Waals surface area contributed by atoms with Gasteiger partial charge in [0.1, 0.15) is 12.4 Å². The van der Waals surface area contributed by atoms with E-state index < -0.39 is 0 Å². The van der Waals surface area contributed by atoms with Gasteiger partial charge in [0, 0.05) is 15.6 Å². The fourth-order valence-corrected chi connectivity index (χ4v) is 3.92. The summed E-state index contributed by atoms with van der Waals surface area (Å²) >= 11 is 15.6. The largest absolute Gasteiger partial charge is 0.488 e. The minimum Gasteiger partial charge on any atom is -0.488 e. The highest BCUT2D eigenvalue weighted by molar-refractivity contribution is 9.10. The van der Waals surface area contributed by atoms with Gasteiger partial charge >= 0.3 is 0 Å². The van der Waals surface area contributed by atoms with Gasteiger partial charge in [-0.15, -0.1) is 0 Å². The van der Waals surface area contributed by atoms with Gasteiger partial charge in [0.05, 0.1) is 17.1 Å². The molecule has 160 valence electrons. The number of hydrazone groups is 1. The Morgan fingerprint density at radius 3 is 2.55 bits per heavy atom. The van der Waals surface area contributed by atoms with Crippen molar-refractivity contribution >= 4 is 51.3 Å². The van der Waals surface area contributed by atoms with E-state index in [-0.39, 0.29) is 12.3 Å². The Balaban J connectivity index is 1.55. The number of hydrogen-bond donors (Lipinski definition) is 1. The lowest BCUT2D eigenvalue weighted by molar-refractivity contribution is -0.120. The highest BCUT2D eigenvalue weighted by Gasteiger charge is 2.07. The highest BCUT2D eigenvalue weighted by Crippen LogP contribution is 2.28. The van der Waals surface area contributed by atoms with E-state index in [0.717, 1.165) is 26.7 Å². The Morgan fingerprint density at radius 2 is 1.84 bits per heavy atom. The summed E-state index contributed by atoms with van der Waals surface area (Å²) in [5.74, 6) is 0.504. The maximum Gasteiger partial charge on any atom is 0.244 e. The quantitative estimate of drug-likeness (QED) is 0.281. The van der Waals surface area contributed by atoms with Crippen LogP contribution in [0.15, 0.2) is 64.2 Å². The topological polar surface area (TPSA) is 50.7 Å². The van der Waals surface area contributed by atoms with Gasteiger partial charge < -0.3 is 4.74 Å². The second-order valence-electron chi connectivity index (χ2n) is 7.11. The summed E-state index contributed by atoms with van der Waals surface area (Å²) in [4.78, 5) is 12.2. The molecule has 0 fully saturated rings. The van der Waals surface area contributed by atoms with E-state index in [2.05, 4.69) is 32.5 Å². The molecule has 0 spiro atoms. The summed E-state index contributed by atoms with van der Waals surface area (Å²) < 4.78 is 6.61.